The number of carboxylic acids is 1. The van der Waals surface area contributed by atoms with Gasteiger partial charge in [0, 0.05) is 11.6 Å². The molecule has 1 heterocycles. The van der Waals surface area contributed by atoms with Crippen LogP contribution in [-0.2, 0) is 0 Å². The summed E-state index contributed by atoms with van der Waals surface area (Å²) in [4.78, 5) is 15.5. The summed E-state index contributed by atoms with van der Waals surface area (Å²) in [6.07, 6.45) is 6.09. The van der Waals surface area contributed by atoms with E-state index in [1.165, 1.54) is 17.8 Å². The molecule has 3 rings (SSSR count). The first-order valence-corrected chi connectivity index (χ1v) is 6.90. The number of allylic oxidation sites excluding steroid dienone is 2. The second kappa shape index (κ2) is 5.37. The molecule has 1 N–H and O–H groups in total. The molecule has 1 aromatic heterocycles. The summed E-state index contributed by atoms with van der Waals surface area (Å²) < 4.78 is 0. The molecular formula is C17H14N2O2. The molecule has 4 nitrogen and oxygen atoms in total. The van der Waals surface area contributed by atoms with Crippen molar-refractivity contribution >= 4 is 22.4 Å². The summed E-state index contributed by atoms with van der Waals surface area (Å²) in [5.74, 6) is -0.841. The lowest BCUT2D eigenvalue weighted by atomic mass is 9.87. The highest BCUT2D eigenvalue weighted by Crippen LogP contribution is 2.31. The molecule has 4 heteroatoms. The quantitative estimate of drug-likeness (QED) is 0.910. The van der Waals surface area contributed by atoms with E-state index in [4.69, 9.17) is 5.26 Å². The largest absolute Gasteiger partial charge is 0.478 e. The number of aromatic nitrogens is 1. The van der Waals surface area contributed by atoms with Crippen LogP contribution in [0.5, 0.6) is 0 Å². The van der Waals surface area contributed by atoms with E-state index in [0.717, 1.165) is 24.8 Å². The number of nitrogens with zero attached hydrogens (tertiary/aromatic N) is 2. The van der Waals surface area contributed by atoms with Crippen LogP contribution in [0.2, 0.25) is 0 Å². The maximum atomic E-state index is 11.3. The Kier molecular flexibility index (Phi) is 3.41. The Morgan fingerprint density at radius 1 is 1.38 bits per heavy atom. The van der Waals surface area contributed by atoms with Gasteiger partial charge in [0.15, 0.2) is 0 Å². The van der Waals surface area contributed by atoms with Gasteiger partial charge in [0.2, 0.25) is 0 Å². The SMILES string of the molecule is N#CC1CC=C(c2ccc3nccc(C(=O)O)c3c2)CC1. The van der Waals surface area contributed by atoms with Gasteiger partial charge in [-0.2, -0.15) is 5.26 Å². The van der Waals surface area contributed by atoms with Gasteiger partial charge in [0.25, 0.3) is 0 Å². The van der Waals surface area contributed by atoms with Crippen LogP contribution in [0.3, 0.4) is 0 Å². The van der Waals surface area contributed by atoms with Gasteiger partial charge in [0.05, 0.1) is 23.1 Å². The van der Waals surface area contributed by atoms with E-state index in [0.29, 0.717) is 10.9 Å². The molecule has 1 aliphatic rings. The Balaban J connectivity index is 2.06. The Hall–Kier alpha value is -2.67. The third kappa shape index (κ3) is 2.50. The van der Waals surface area contributed by atoms with Crippen molar-refractivity contribution in [1.29, 1.82) is 5.26 Å². The van der Waals surface area contributed by atoms with Gasteiger partial charge in [-0.25, -0.2) is 4.79 Å². The normalized spacial score (nSPS) is 18.0. The summed E-state index contributed by atoms with van der Waals surface area (Å²) in [5, 5.41) is 18.9. The predicted octanol–water partition coefficient (Wildman–Crippen LogP) is 3.64. The van der Waals surface area contributed by atoms with Crippen molar-refractivity contribution in [1.82, 2.24) is 4.98 Å². The zero-order chi connectivity index (χ0) is 14.8. The molecule has 21 heavy (non-hydrogen) atoms. The van der Waals surface area contributed by atoms with E-state index in [9.17, 15) is 9.90 Å². The molecule has 0 amide bonds. The van der Waals surface area contributed by atoms with E-state index >= 15 is 0 Å². The van der Waals surface area contributed by atoms with Crippen LogP contribution >= 0.6 is 0 Å². The lowest BCUT2D eigenvalue weighted by molar-refractivity contribution is 0.0699. The molecule has 0 fully saturated rings. The van der Waals surface area contributed by atoms with Crippen LogP contribution in [0.25, 0.3) is 16.5 Å². The van der Waals surface area contributed by atoms with E-state index in [1.54, 1.807) is 0 Å². The fraction of sp³-hybridized carbons (Fsp3) is 0.235. The molecule has 1 unspecified atom stereocenters. The van der Waals surface area contributed by atoms with Gasteiger partial charge in [-0.05, 0) is 48.6 Å². The number of fused-ring (bicyclic) bond motifs is 1. The molecule has 0 bridgehead atoms. The highest BCUT2D eigenvalue weighted by molar-refractivity contribution is 6.03. The number of hydrogen-bond donors (Lipinski definition) is 1. The third-order valence-corrected chi connectivity index (χ3v) is 3.94. The Labute approximate surface area is 122 Å². The highest BCUT2D eigenvalue weighted by Gasteiger charge is 2.16. The number of carboxylic acid groups (broad SMARTS) is 1. The Morgan fingerprint density at radius 2 is 2.24 bits per heavy atom. The summed E-state index contributed by atoms with van der Waals surface area (Å²) in [6, 6.07) is 9.54. The zero-order valence-corrected chi connectivity index (χ0v) is 11.4. The maximum Gasteiger partial charge on any atom is 0.336 e. The van der Waals surface area contributed by atoms with Gasteiger partial charge >= 0.3 is 5.97 Å². The van der Waals surface area contributed by atoms with Gasteiger partial charge in [-0.3, -0.25) is 4.98 Å². The van der Waals surface area contributed by atoms with Crippen LogP contribution in [0.4, 0.5) is 0 Å². The van der Waals surface area contributed by atoms with E-state index < -0.39 is 5.97 Å². The highest BCUT2D eigenvalue weighted by atomic mass is 16.4. The van der Waals surface area contributed by atoms with Gasteiger partial charge in [-0.15, -0.1) is 0 Å². The van der Waals surface area contributed by atoms with Crippen molar-refractivity contribution in [3.05, 3.63) is 47.7 Å². The molecule has 0 aliphatic heterocycles. The van der Waals surface area contributed by atoms with E-state index in [1.807, 2.05) is 18.2 Å². The molecule has 104 valence electrons. The molecule has 0 saturated carbocycles. The monoisotopic (exact) mass is 278 g/mol. The smallest absolute Gasteiger partial charge is 0.336 e. The fourth-order valence-corrected chi connectivity index (χ4v) is 2.75. The van der Waals surface area contributed by atoms with Crippen LogP contribution in [0.15, 0.2) is 36.5 Å². The van der Waals surface area contributed by atoms with Crippen LogP contribution in [0.1, 0.15) is 35.2 Å². The minimum atomic E-state index is -0.943. The predicted molar refractivity (Wildman–Crippen MR) is 79.6 cm³/mol. The summed E-state index contributed by atoms with van der Waals surface area (Å²) in [6.45, 7) is 0. The number of nitriles is 1. The molecule has 0 radical (unpaired) electrons. The summed E-state index contributed by atoms with van der Waals surface area (Å²) >= 11 is 0. The minimum Gasteiger partial charge on any atom is -0.478 e. The minimum absolute atomic E-state index is 0.102. The molecule has 0 saturated heterocycles. The standard InChI is InChI=1S/C17H14N2O2/c18-10-11-1-3-12(4-2-11)13-5-6-16-15(9-13)14(17(20)21)7-8-19-16/h3,5-9,11H,1-2,4H2,(H,20,21). The van der Waals surface area contributed by atoms with Crippen LogP contribution < -0.4 is 0 Å². The number of hydrogen-bond acceptors (Lipinski definition) is 3. The Morgan fingerprint density at radius 3 is 2.90 bits per heavy atom. The van der Waals surface area contributed by atoms with Crippen LogP contribution in [-0.4, -0.2) is 16.1 Å². The van der Waals surface area contributed by atoms with Crippen molar-refractivity contribution in [2.75, 3.05) is 0 Å². The molecular weight excluding hydrogens is 264 g/mol. The first-order chi connectivity index (χ1) is 10.2. The van der Waals surface area contributed by atoms with Crippen molar-refractivity contribution < 1.29 is 9.90 Å². The van der Waals surface area contributed by atoms with Crippen molar-refractivity contribution in [2.24, 2.45) is 5.92 Å². The first kappa shape index (κ1) is 13.3. The Bertz CT molecular complexity index is 787. The molecule has 0 spiro atoms. The van der Waals surface area contributed by atoms with Crippen molar-refractivity contribution in [2.45, 2.75) is 19.3 Å². The second-order valence-electron chi connectivity index (χ2n) is 5.23. The maximum absolute atomic E-state index is 11.3. The van der Waals surface area contributed by atoms with E-state index in [2.05, 4.69) is 17.1 Å². The number of benzene rings is 1. The lowest BCUT2D eigenvalue weighted by Crippen LogP contribution is -2.03. The molecule has 2 aromatic rings. The van der Waals surface area contributed by atoms with E-state index in [-0.39, 0.29) is 11.5 Å². The lowest BCUT2D eigenvalue weighted by Gasteiger charge is -2.17. The first-order valence-electron chi connectivity index (χ1n) is 6.90. The number of rotatable bonds is 2. The number of pyridine rings is 1. The third-order valence-electron chi connectivity index (χ3n) is 3.94. The molecule has 1 atom stereocenters. The van der Waals surface area contributed by atoms with Gasteiger partial charge in [-0.1, -0.05) is 12.1 Å². The average molecular weight is 278 g/mol. The van der Waals surface area contributed by atoms with Gasteiger partial charge in [0.1, 0.15) is 0 Å². The average Bonchev–Trinajstić information content (AvgIpc) is 2.53. The zero-order valence-electron chi connectivity index (χ0n) is 11.4. The topological polar surface area (TPSA) is 74.0 Å². The van der Waals surface area contributed by atoms with Crippen molar-refractivity contribution in [3.63, 3.8) is 0 Å². The fourth-order valence-electron chi connectivity index (χ4n) is 2.75. The van der Waals surface area contributed by atoms with Gasteiger partial charge < -0.3 is 5.11 Å². The van der Waals surface area contributed by atoms with Crippen LogP contribution in [0, 0.1) is 17.2 Å². The summed E-state index contributed by atoms with van der Waals surface area (Å²) in [7, 11) is 0. The second-order valence-corrected chi connectivity index (χ2v) is 5.23. The summed E-state index contributed by atoms with van der Waals surface area (Å²) in [5.41, 5.74) is 3.16. The molecule has 1 aliphatic carbocycles. The number of aromatic carboxylic acids is 1. The van der Waals surface area contributed by atoms with Crippen molar-refractivity contribution in [3.8, 4) is 6.07 Å². The molecule has 1 aromatic carbocycles. The number of carbonyl (C=O) groups is 1.